The molecule has 5 rings (SSSR count). The normalized spacial score (nSPS) is 19.8. The van der Waals surface area contributed by atoms with E-state index in [0.29, 0.717) is 33.0 Å². The van der Waals surface area contributed by atoms with E-state index in [-0.39, 0.29) is 29.4 Å². The number of amides is 1. The number of benzene rings is 3. The summed E-state index contributed by atoms with van der Waals surface area (Å²) in [5.41, 5.74) is 2.99. The highest BCUT2D eigenvalue weighted by Crippen LogP contribution is 2.45. The Kier molecular flexibility index (Phi) is 4.19. The Labute approximate surface area is 178 Å². The van der Waals surface area contributed by atoms with Gasteiger partial charge in [-0.1, -0.05) is 54.1 Å². The van der Waals surface area contributed by atoms with Gasteiger partial charge < -0.3 is 4.90 Å². The molecule has 1 aliphatic heterocycles. The zero-order valence-electron chi connectivity index (χ0n) is 15.8. The van der Waals surface area contributed by atoms with Crippen molar-refractivity contribution in [3.8, 4) is 0 Å². The largest absolute Gasteiger partial charge is 0.303 e. The van der Waals surface area contributed by atoms with Crippen LogP contribution < -0.4 is 4.90 Å². The van der Waals surface area contributed by atoms with Crippen LogP contribution in [0.2, 0.25) is 5.02 Å². The molecule has 0 spiro atoms. The van der Waals surface area contributed by atoms with Crippen molar-refractivity contribution in [3.63, 3.8) is 0 Å². The van der Waals surface area contributed by atoms with Gasteiger partial charge in [-0.2, -0.15) is 0 Å². The predicted octanol–water partition coefficient (Wildman–Crippen LogP) is 5.01. The van der Waals surface area contributed by atoms with Gasteiger partial charge in [-0.3, -0.25) is 14.4 Å². The summed E-state index contributed by atoms with van der Waals surface area (Å²) in [5, 5.41) is 0.614. The number of hydrogen-bond donors (Lipinski definition) is 0. The zero-order chi connectivity index (χ0) is 21.0. The van der Waals surface area contributed by atoms with Gasteiger partial charge in [0, 0.05) is 33.0 Å². The Morgan fingerprint density at radius 1 is 0.800 bits per heavy atom. The van der Waals surface area contributed by atoms with E-state index in [4.69, 9.17) is 11.6 Å². The Morgan fingerprint density at radius 3 is 2.03 bits per heavy atom. The molecule has 2 unspecified atom stereocenters. The van der Waals surface area contributed by atoms with Crippen molar-refractivity contribution >= 4 is 34.8 Å². The Hall–Kier alpha value is -3.50. The van der Waals surface area contributed by atoms with Crippen LogP contribution in [-0.2, 0) is 4.79 Å². The number of carbonyl (C=O) groups excluding carboxylic acids is 3. The number of ketones is 2. The van der Waals surface area contributed by atoms with E-state index in [1.165, 1.54) is 0 Å². The summed E-state index contributed by atoms with van der Waals surface area (Å²) in [5.74, 6) is -0.849. The molecule has 1 amide bonds. The number of β-lactam (4-membered cyclic amide) rings is 1. The lowest BCUT2D eigenvalue weighted by Crippen LogP contribution is -2.54. The fourth-order valence-electron chi connectivity index (χ4n) is 4.28. The van der Waals surface area contributed by atoms with Crippen molar-refractivity contribution < 1.29 is 14.4 Å². The summed E-state index contributed by atoms with van der Waals surface area (Å²) in [6.07, 6.45) is 1.64. The number of halogens is 1. The Balaban J connectivity index is 1.59. The molecule has 0 N–H and O–H groups in total. The maximum atomic E-state index is 13.0. The standard InChI is InChI=1S/C25H16ClNO3/c1-2-17-22(14-7-9-15(26)10-8-14)27(25(17)30)16-11-12-20-21(13-16)24(29)19-6-4-3-5-18(19)23(20)28/h2-13,17,22H,1H2. The summed E-state index contributed by atoms with van der Waals surface area (Å²) in [6, 6.07) is 18.9. The summed E-state index contributed by atoms with van der Waals surface area (Å²) < 4.78 is 0. The smallest absolute Gasteiger partial charge is 0.236 e. The van der Waals surface area contributed by atoms with Crippen LogP contribution in [0.3, 0.4) is 0 Å². The molecule has 30 heavy (non-hydrogen) atoms. The number of rotatable bonds is 3. The fraction of sp³-hybridized carbons (Fsp3) is 0.0800. The van der Waals surface area contributed by atoms with E-state index >= 15 is 0 Å². The zero-order valence-corrected chi connectivity index (χ0v) is 16.6. The monoisotopic (exact) mass is 413 g/mol. The first kappa shape index (κ1) is 18.5. The maximum Gasteiger partial charge on any atom is 0.236 e. The summed E-state index contributed by atoms with van der Waals surface area (Å²) in [6.45, 7) is 3.80. The molecule has 0 bridgehead atoms. The van der Waals surface area contributed by atoms with Crippen LogP contribution in [-0.4, -0.2) is 17.5 Å². The lowest BCUT2D eigenvalue weighted by Gasteiger charge is -2.46. The second-order valence-corrected chi connectivity index (χ2v) is 7.84. The Bertz CT molecular complexity index is 1250. The van der Waals surface area contributed by atoms with Crippen molar-refractivity contribution in [3.05, 3.63) is 112 Å². The molecule has 3 aromatic rings. The third-order valence-electron chi connectivity index (χ3n) is 5.79. The molecule has 0 radical (unpaired) electrons. The van der Waals surface area contributed by atoms with Gasteiger partial charge in [0.2, 0.25) is 5.91 Å². The number of hydrogen-bond acceptors (Lipinski definition) is 3. The average molecular weight is 414 g/mol. The van der Waals surface area contributed by atoms with Crippen LogP contribution in [0.5, 0.6) is 0 Å². The third-order valence-corrected chi connectivity index (χ3v) is 6.05. The average Bonchev–Trinajstić information content (AvgIpc) is 2.77. The second-order valence-electron chi connectivity index (χ2n) is 7.40. The molecule has 4 nitrogen and oxygen atoms in total. The molecule has 5 heteroatoms. The molecule has 0 saturated carbocycles. The molecular weight excluding hydrogens is 398 g/mol. The molecule has 0 aromatic heterocycles. The lowest BCUT2D eigenvalue weighted by molar-refractivity contribution is -0.128. The van der Waals surface area contributed by atoms with E-state index in [9.17, 15) is 14.4 Å². The maximum absolute atomic E-state index is 13.0. The number of anilines is 1. The second kappa shape index (κ2) is 6.78. The first-order valence-electron chi connectivity index (χ1n) is 9.55. The molecule has 2 aliphatic rings. The van der Waals surface area contributed by atoms with Gasteiger partial charge in [-0.15, -0.1) is 6.58 Å². The molecule has 1 aliphatic carbocycles. The summed E-state index contributed by atoms with van der Waals surface area (Å²) in [4.78, 5) is 40.4. The van der Waals surface area contributed by atoms with Gasteiger partial charge in [0.1, 0.15) is 0 Å². The van der Waals surface area contributed by atoms with E-state index in [1.54, 1.807) is 65.6 Å². The summed E-state index contributed by atoms with van der Waals surface area (Å²) >= 11 is 6.01. The van der Waals surface area contributed by atoms with Gasteiger partial charge in [0.15, 0.2) is 11.6 Å². The van der Waals surface area contributed by atoms with E-state index in [2.05, 4.69) is 6.58 Å². The molecule has 146 valence electrons. The van der Waals surface area contributed by atoms with Crippen LogP contribution in [0, 0.1) is 5.92 Å². The first-order chi connectivity index (χ1) is 14.5. The van der Waals surface area contributed by atoms with Gasteiger partial charge >= 0.3 is 0 Å². The lowest BCUT2D eigenvalue weighted by atomic mass is 9.80. The van der Waals surface area contributed by atoms with Crippen molar-refractivity contribution in [1.29, 1.82) is 0 Å². The molecule has 1 heterocycles. The third kappa shape index (κ3) is 2.57. The van der Waals surface area contributed by atoms with Crippen molar-refractivity contribution in [2.75, 3.05) is 4.90 Å². The predicted molar refractivity (Wildman–Crippen MR) is 115 cm³/mol. The molecule has 1 saturated heterocycles. The highest BCUT2D eigenvalue weighted by atomic mass is 35.5. The van der Waals surface area contributed by atoms with Crippen molar-refractivity contribution in [1.82, 2.24) is 0 Å². The first-order valence-corrected chi connectivity index (χ1v) is 9.92. The van der Waals surface area contributed by atoms with Crippen LogP contribution in [0.1, 0.15) is 43.4 Å². The van der Waals surface area contributed by atoms with Gasteiger partial charge in [0.25, 0.3) is 0 Å². The molecule has 1 fully saturated rings. The highest BCUT2D eigenvalue weighted by molar-refractivity contribution is 6.30. The topological polar surface area (TPSA) is 54.5 Å². The van der Waals surface area contributed by atoms with E-state index in [1.807, 2.05) is 12.1 Å². The fourth-order valence-corrected chi connectivity index (χ4v) is 4.41. The van der Waals surface area contributed by atoms with Gasteiger partial charge in [0.05, 0.1) is 12.0 Å². The minimum absolute atomic E-state index is 0.0973. The molecule has 2 atom stereocenters. The highest BCUT2D eigenvalue weighted by Gasteiger charge is 2.47. The van der Waals surface area contributed by atoms with Crippen LogP contribution in [0.15, 0.2) is 79.4 Å². The quantitative estimate of drug-likeness (QED) is 0.350. The number of nitrogens with zero attached hydrogens (tertiary/aromatic N) is 1. The number of fused-ring (bicyclic) bond motifs is 2. The van der Waals surface area contributed by atoms with Crippen molar-refractivity contribution in [2.24, 2.45) is 5.92 Å². The minimum atomic E-state index is -0.361. The summed E-state index contributed by atoms with van der Waals surface area (Å²) in [7, 11) is 0. The number of carbonyl (C=O) groups is 3. The van der Waals surface area contributed by atoms with E-state index < -0.39 is 0 Å². The molecule has 3 aromatic carbocycles. The minimum Gasteiger partial charge on any atom is -0.303 e. The van der Waals surface area contributed by atoms with Gasteiger partial charge in [-0.25, -0.2) is 0 Å². The Morgan fingerprint density at radius 2 is 1.40 bits per heavy atom. The van der Waals surface area contributed by atoms with Crippen molar-refractivity contribution in [2.45, 2.75) is 6.04 Å². The van der Waals surface area contributed by atoms with Crippen LogP contribution >= 0.6 is 11.6 Å². The molecular formula is C25H16ClNO3. The van der Waals surface area contributed by atoms with Crippen LogP contribution in [0.4, 0.5) is 5.69 Å². The van der Waals surface area contributed by atoms with Crippen LogP contribution in [0.25, 0.3) is 0 Å². The van der Waals surface area contributed by atoms with E-state index in [0.717, 1.165) is 5.56 Å². The van der Waals surface area contributed by atoms with Gasteiger partial charge in [-0.05, 0) is 35.9 Å². The SMILES string of the molecule is C=CC1C(=O)N(c2ccc3c(c2)C(=O)c2ccccc2C3=O)C1c1ccc(Cl)cc1.